The first-order chi connectivity index (χ1) is 14.7. The fraction of sp³-hybridized carbons (Fsp3) is 0.571. The Kier molecular flexibility index (Phi) is 5.24. The average molecular weight is 417 g/mol. The molecule has 0 unspecified atom stereocenters. The van der Waals surface area contributed by atoms with Crippen LogP contribution >= 0.6 is 0 Å². The second kappa shape index (κ2) is 8.03. The Morgan fingerprint density at radius 3 is 2.60 bits per heavy atom. The first kappa shape index (κ1) is 19.6. The molecular weight excluding hydrogens is 392 g/mol. The van der Waals surface area contributed by atoms with Crippen LogP contribution in [0.2, 0.25) is 0 Å². The molecule has 2 aliphatic rings. The molecule has 0 saturated carbocycles. The molecule has 0 amide bonds. The zero-order valence-electron chi connectivity index (χ0n) is 17.0. The van der Waals surface area contributed by atoms with E-state index >= 15 is 0 Å². The van der Waals surface area contributed by atoms with Crippen LogP contribution in [0.25, 0.3) is 16.9 Å². The highest BCUT2D eigenvalue weighted by Gasteiger charge is 2.30. The molecule has 30 heavy (non-hydrogen) atoms. The van der Waals surface area contributed by atoms with Crippen LogP contribution in [0.5, 0.6) is 0 Å². The van der Waals surface area contributed by atoms with Gasteiger partial charge < -0.3 is 14.2 Å². The van der Waals surface area contributed by atoms with Crippen molar-refractivity contribution in [3.05, 3.63) is 35.4 Å². The van der Waals surface area contributed by atoms with E-state index in [1.165, 1.54) is 4.68 Å². The van der Waals surface area contributed by atoms with Crippen molar-refractivity contribution in [1.82, 2.24) is 24.8 Å². The lowest BCUT2D eigenvalue weighted by Crippen LogP contribution is -2.43. The van der Waals surface area contributed by atoms with E-state index in [0.29, 0.717) is 29.4 Å². The number of ether oxygens (including phenoxy) is 1. The first-order valence-corrected chi connectivity index (χ1v) is 10.7. The lowest BCUT2D eigenvalue weighted by molar-refractivity contribution is 0.0239. The third-order valence-corrected chi connectivity index (χ3v) is 6.35. The van der Waals surface area contributed by atoms with Crippen molar-refractivity contribution in [2.24, 2.45) is 0 Å². The summed E-state index contributed by atoms with van der Waals surface area (Å²) in [5, 5.41) is 9.01. The normalized spacial score (nSPS) is 19.7. The van der Waals surface area contributed by atoms with Gasteiger partial charge in [0.2, 0.25) is 5.89 Å². The van der Waals surface area contributed by atoms with Crippen LogP contribution in [-0.4, -0.2) is 57.2 Å². The number of aromatic nitrogens is 4. The maximum Gasteiger partial charge on any atom is 0.291 e. The number of benzene rings is 1. The van der Waals surface area contributed by atoms with Crippen LogP contribution in [0.4, 0.5) is 8.78 Å². The van der Waals surface area contributed by atoms with Gasteiger partial charge in [-0.05, 0) is 62.5 Å². The van der Waals surface area contributed by atoms with Crippen LogP contribution < -0.4 is 0 Å². The Balaban J connectivity index is 1.37. The third-order valence-electron chi connectivity index (χ3n) is 6.35. The maximum absolute atomic E-state index is 14.5. The molecule has 2 fully saturated rings. The molecule has 2 aromatic heterocycles. The summed E-state index contributed by atoms with van der Waals surface area (Å²) >= 11 is 0. The predicted molar refractivity (Wildman–Crippen MR) is 106 cm³/mol. The molecule has 0 atom stereocenters. The molecule has 0 radical (unpaired) electrons. The standard InChI is InChI=1S/C21H25F2N5O2/c1-2-17-15-3-4-16(22)18(23)19(15)28(25-17)21-24-20(30-26-21)13-5-9-27(10-6-13)14-7-11-29-12-8-14/h3-4,13-14H,2,5-12H2,1H3. The van der Waals surface area contributed by atoms with Crippen LogP contribution in [0.15, 0.2) is 16.7 Å². The molecular formula is C21H25F2N5O2. The van der Waals surface area contributed by atoms with Gasteiger partial charge in [0.05, 0.1) is 5.69 Å². The van der Waals surface area contributed by atoms with Crippen molar-refractivity contribution in [2.45, 2.75) is 51.0 Å². The zero-order chi connectivity index (χ0) is 20.7. The van der Waals surface area contributed by atoms with Gasteiger partial charge in [0.1, 0.15) is 5.52 Å². The Hall–Kier alpha value is -2.39. The molecule has 5 rings (SSSR count). The molecule has 2 saturated heterocycles. The third kappa shape index (κ3) is 3.39. The monoisotopic (exact) mass is 417 g/mol. The molecule has 0 spiro atoms. The average Bonchev–Trinajstić information content (AvgIpc) is 3.42. The summed E-state index contributed by atoms with van der Waals surface area (Å²) in [7, 11) is 0. The van der Waals surface area contributed by atoms with Gasteiger partial charge in [0, 0.05) is 30.6 Å². The summed E-state index contributed by atoms with van der Waals surface area (Å²) in [6, 6.07) is 3.26. The highest BCUT2D eigenvalue weighted by molar-refractivity contribution is 5.83. The smallest absolute Gasteiger partial charge is 0.291 e. The van der Waals surface area contributed by atoms with Gasteiger partial charge in [0.15, 0.2) is 11.6 Å². The number of hydrogen-bond acceptors (Lipinski definition) is 6. The van der Waals surface area contributed by atoms with Gasteiger partial charge in [-0.1, -0.05) is 6.92 Å². The molecule has 160 valence electrons. The van der Waals surface area contributed by atoms with Gasteiger partial charge in [-0.3, -0.25) is 0 Å². The van der Waals surface area contributed by atoms with Gasteiger partial charge >= 0.3 is 0 Å². The van der Waals surface area contributed by atoms with E-state index in [1.54, 1.807) is 6.07 Å². The summed E-state index contributed by atoms with van der Waals surface area (Å²) in [6.45, 7) is 5.56. The van der Waals surface area contributed by atoms with E-state index in [2.05, 4.69) is 20.1 Å². The highest BCUT2D eigenvalue weighted by Crippen LogP contribution is 2.31. The van der Waals surface area contributed by atoms with Crippen LogP contribution in [0.1, 0.15) is 50.1 Å². The molecule has 0 N–H and O–H groups in total. The van der Waals surface area contributed by atoms with Gasteiger partial charge in [-0.15, -0.1) is 0 Å². The topological polar surface area (TPSA) is 69.2 Å². The van der Waals surface area contributed by atoms with Crippen molar-refractivity contribution in [3.8, 4) is 5.95 Å². The Bertz CT molecular complexity index is 1040. The maximum atomic E-state index is 14.5. The van der Waals surface area contributed by atoms with E-state index in [9.17, 15) is 8.78 Å². The minimum atomic E-state index is -0.948. The SMILES string of the molecule is CCc1nn(-c2noc(C3CCN(C4CCOCC4)CC3)n2)c2c(F)c(F)ccc12. The largest absolute Gasteiger partial charge is 0.381 e. The first-order valence-electron chi connectivity index (χ1n) is 10.7. The van der Waals surface area contributed by atoms with E-state index in [1.807, 2.05) is 6.92 Å². The van der Waals surface area contributed by atoms with E-state index in [0.717, 1.165) is 58.1 Å². The molecule has 1 aromatic carbocycles. The minimum Gasteiger partial charge on any atom is -0.381 e. The molecule has 7 nitrogen and oxygen atoms in total. The number of nitrogens with zero attached hydrogens (tertiary/aromatic N) is 5. The lowest BCUT2D eigenvalue weighted by Gasteiger charge is -2.38. The van der Waals surface area contributed by atoms with E-state index in [-0.39, 0.29) is 17.4 Å². The molecule has 9 heteroatoms. The Morgan fingerprint density at radius 1 is 1.10 bits per heavy atom. The van der Waals surface area contributed by atoms with Crippen molar-refractivity contribution in [2.75, 3.05) is 26.3 Å². The number of hydrogen-bond donors (Lipinski definition) is 0. The molecule has 4 heterocycles. The quantitative estimate of drug-likeness (QED) is 0.646. The van der Waals surface area contributed by atoms with E-state index < -0.39 is 11.6 Å². The second-order valence-corrected chi connectivity index (χ2v) is 8.06. The predicted octanol–water partition coefficient (Wildman–Crippen LogP) is 3.61. The highest BCUT2D eigenvalue weighted by atomic mass is 19.2. The molecule has 2 aliphatic heterocycles. The molecule has 0 aliphatic carbocycles. The summed E-state index contributed by atoms with van der Waals surface area (Å²) in [5.74, 6) is -1.02. The molecule has 3 aromatic rings. The number of fused-ring (bicyclic) bond motifs is 1. The van der Waals surface area contributed by atoms with Crippen molar-refractivity contribution in [1.29, 1.82) is 0 Å². The Morgan fingerprint density at radius 2 is 1.87 bits per heavy atom. The number of piperidine rings is 1. The minimum absolute atomic E-state index is 0.0496. The number of aryl methyl sites for hydroxylation is 1. The molecule has 0 bridgehead atoms. The number of likely N-dealkylation sites (tertiary alicyclic amines) is 1. The number of halogens is 2. The van der Waals surface area contributed by atoms with Crippen molar-refractivity contribution in [3.63, 3.8) is 0 Å². The fourth-order valence-corrected chi connectivity index (χ4v) is 4.65. The number of rotatable bonds is 4. The lowest BCUT2D eigenvalue weighted by atomic mass is 9.94. The van der Waals surface area contributed by atoms with Crippen molar-refractivity contribution < 1.29 is 18.0 Å². The Labute approximate surface area is 173 Å². The van der Waals surface area contributed by atoms with Crippen LogP contribution in [-0.2, 0) is 11.2 Å². The van der Waals surface area contributed by atoms with Gasteiger partial charge in [0.25, 0.3) is 5.95 Å². The van der Waals surface area contributed by atoms with Gasteiger partial charge in [-0.2, -0.15) is 14.8 Å². The second-order valence-electron chi connectivity index (χ2n) is 8.06. The van der Waals surface area contributed by atoms with Crippen LogP contribution in [0.3, 0.4) is 0 Å². The van der Waals surface area contributed by atoms with E-state index in [4.69, 9.17) is 9.26 Å². The summed E-state index contributed by atoms with van der Waals surface area (Å²) < 4.78 is 40.6. The fourth-order valence-electron chi connectivity index (χ4n) is 4.65. The summed E-state index contributed by atoms with van der Waals surface area (Å²) in [4.78, 5) is 7.04. The van der Waals surface area contributed by atoms with Crippen molar-refractivity contribution >= 4 is 10.9 Å². The zero-order valence-corrected chi connectivity index (χ0v) is 17.0. The van der Waals surface area contributed by atoms with Crippen LogP contribution in [0, 0.1) is 11.6 Å². The van der Waals surface area contributed by atoms with Gasteiger partial charge in [-0.25, -0.2) is 8.78 Å². The summed E-state index contributed by atoms with van der Waals surface area (Å²) in [5.41, 5.74) is 0.716. The summed E-state index contributed by atoms with van der Waals surface area (Å²) in [6.07, 6.45) is 4.63.